The van der Waals surface area contributed by atoms with Crippen molar-refractivity contribution in [2.24, 2.45) is 0 Å². The van der Waals surface area contributed by atoms with Crippen LogP contribution in [0, 0.1) is 0 Å². The lowest BCUT2D eigenvalue weighted by atomic mass is 9.97. The molecule has 0 aliphatic heterocycles. The molecule has 1 aromatic rings. The quantitative estimate of drug-likeness (QED) is 0.687. The van der Waals surface area contributed by atoms with Crippen LogP contribution >= 0.6 is 12.4 Å². The number of rotatable bonds is 1. The molecular weight excluding hydrogens is 182 g/mol. The summed E-state index contributed by atoms with van der Waals surface area (Å²) in [5.41, 5.74) is 8.07. The second-order valence-corrected chi connectivity index (χ2v) is 3.65. The molecule has 0 saturated heterocycles. The van der Waals surface area contributed by atoms with Crippen molar-refractivity contribution in [3.8, 4) is 0 Å². The Balaban J connectivity index is 0.000000845. The lowest BCUT2D eigenvalue weighted by molar-refractivity contribution is 0.724. The zero-order valence-electron chi connectivity index (χ0n) is 7.70. The van der Waals surface area contributed by atoms with Crippen molar-refractivity contribution < 1.29 is 0 Å². The van der Waals surface area contributed by atoms with Crippen molar-refractivity contribution in [2.45, 2.75) is 31.6 Å². The summed E-state index contributed by atoms with van der Waals surface area (Å²) in [6.07, 6.45) is 5.48. The third kappa shape index (κ3) is 2.38. The maximum Gasteiger partial charge on any atom is 0.0316 e. The van der Waals surface area contributed by atoms with Gasteiger partial charge in [0.1, 0.15) is 0 Å². The number of hydrogen-bond donors (Lipinski definition) is 1. The molecule has 0 unspecified atom stereocenters. The van der Waals surface area contributed by atoms with Crippen LogP contribution in [0.3, 0.4) is 0 Å². The SMILES string of the molecule is Cl.Nc1cccc(C2CCCC2)c1. The van der Waals surface area contributed by atoms with E-state index in [1.165, 1.54) is 31.2 Å². The van der Waals surface area contributed by atoms with Gasteiger partial charge >= 0.3 is 0 Å². The summed E-state index contributed by atoms with van der Waals surface area (Å²) in [7, 11) is 0. The van der Waals surface area contributed by atoms with Crippen LogP contribution in [0.5, 0.6) is 0 Å². The zero-order chi connectivity index (χ0) is 8.39. The third-order valence-electron chi connectivity index (χ3n) is 2.74. The number of nitrogen functional groups attached to an aromatic ring is 1. The van der Waals surface area contributed by atoms with E-state index in [9.17, 15) is 0 Å². The highest BCUT2D eigenvalue weighted by molar-refractivity contribution is 5.85. The van der Waals surface area contributed by atoms with E-state index >= 15 is 0 Å². The fourth-order valence-electron chi connectivity index (χ4n) is 2.07. The molecule has 2 rings (SSSR count). The maximum absolute atomic E-state index is 5.73. The van der Waals surface area contributed by atoms with E-state index < -0.39 is 0 Å². The van der Waals surface area contributed by atoms with Gasteiger partial charge in [-0.05, 0) is 36.5 Å². The van der Waals surface area contributed by atoms with Gasteiger partial charge in [-0.1, -0.05) is 25.0 Å². The topological polar surface area (TPSA) is 26.0 Å². The van der Waals surface area contributed by atoms with Crippen molar-refractivity contribution in [2.75, 3.05) is 5.73 Å². The Morgan fingerprint density at radius 2 is 1.85 bits per heavy atom. The molecule has 0 amide bonds. The van der Waals surface area contributed by atoms with E-state index in [1.807, 2.05) is 6.07 Å². The van der Waals surface area contributed by atoms with E-state index in [0.29, 0.717) is 0 Å². The summed E-state index contributed by atoms with van der Waals surface area (Å²) >= 11 is 0. The van der Waals surface area contributed by atoms with E-state index in [4.69, 9.17) is 5.73 Å². The first kappa shape index (κ1) is 10.4. The Bertz CT molecular complexity index is 267. The average molecular weight is 198 g/mol. The first-order valence-electron chi connectivity index (χ1n) is 4.72. The molecule has 1 fully saturated rings. The molecule has 1 saturated carbocycles. The van der Waals surface area contributed by atoms with Crippen LogP contribution in [0.2, 0.25) is 0 Å². The molecule has 2 heteroatoms. The van der Waals surface area contributed by atoms with Crippen LogP contribution in [-0.4, -0.2) is 0 Å². The van der Waals surface area contributed by atoms with Gasteiger partial charge in [0.15, 0.2) is 0 Å². The van der Waals surface area contributed by atoms with Crippen molar-refractivity contribution in [1.29, 1.82) is 0 Å². The summed E-state index contributed by atoms with van der Waals surface area (Å²) < 4.78 is 0. The van der Waals surface area contributed by atoms with Gasteiger partial charge in [0.25, 0.3) is 0 Å². The van der Waals surface area contributed by atoms with Crippen molar-refractivity contribution in [1.82, 2.24) is 0 Å². The van der Waals surface area contributed by atoms with Gasteiger partial charge in [-0.2, -0.15) is 0 Å². The van der Waals surface area contributed by atoms with E-state index in [1.54, 1.807) is 0 Å². The third-order valence-corrected chi connectivity index (χ3v) is 2.74. The molecule has 0 atom stereocenters. The maximum atomic E-state index is 5.73. The lowest BCUT2D eigenvalue weighted by Crippen LogP contribution is -1.93. The Hall–Kier alpha value is -0.690. The Morgan fingerprint density at radius 1 is 1.15 bits per heavy atom. The molecule has 1 nitrogen and oxygen atoms in total. The van der Waals surface area contributed by atoms with Crippen LogP contribution < -0.4 is 5.73 Å². The van der Waals surface area contributed by atoms with E-state index in [-0.39, 0.29) is 12.4 Å². The minimum Gasteiger partial charge on any atom is -0.399 e. The second-order valence-electron chi connectivity index (χ2n) is 3.65. The molecule has 0 radical (unpaired) electrons. The molecular formula is C11H16ClN. The Morgan fingerprint density at radius 3 is 2.46 bits per heavy atom. The van der Waals surface area contributed by atoms with Crippen molar-refractivity contribution >= 4 is 18.1 Å². The number of nitrogens with two attached hydrogens (primary N) is 1. The van der Waals surface area contributed by atoms with Crippen LogP contribution in [0.1, 0.15) is 37.2 Å². The number of hydrogen-bond acceptors (Lipinski definition) is 1. The monoisotopic (exact) mass is 197 g/mol. The van der Waals surface area contributed by atoms with Crippen molar-refractivity contribution in [3.63, 3.8) is 0 Å². The fraction of sp³-hybridized carbons (Fsp3) is 0.455. The zero-order valence-corrected chi connectivity index (χ0v) is 8.52. The molecule has 1 aromatic carbocycles. The molecule has 1 aliphatic carbocycles. The van der Waals surface area contributed by atoms with Gasteiger partial charge in [0.2, 0.25) is 0 Å². The average Bonchev–Trinajstić information content (AvgIpc) is 2.56. The summed E-state index contributed by atoms with van der Waals surface area (Å²) in [4.78, 5) is 0. The van der Waals surface area contributed by atoms with Gasteiger partial charge in [0, 0.05) is 5.69 Å². The highest BCUT2D eigenvalue weighted by Gasteiger charge is 2.16. The molecule has 0 spiro atoms. The number of anilines is 1. The Kier molecular flexibility index (Phi) is 3.61. The summed E-state index contributed by atoms with van der Waals surface area (Å²) in [5.74, 6) is 0.786. The van der Waals surface area contributed by atoms with Crippen LogP contribution in [-0.2, 0) is 0 Å². The number of halogens is 1. The largest absolute Gasteiger partial charge is 0.399 e. The van der Waals surface area contributed by atoms with Gasteiger partial charge in [-0.25, -0.2) is 0 Å². The van der Waals surface area contributed by atoms with E-state index in [2.05, 4.69) is 18.2 Å². The molecule has 0 aromatic heterocycles. The Labute approximate surface area is 85.7 Å². The predicted molar refractivity (Wildman–Crippen MR) is 59.3 cm³/mol. The van der Waals surface area contributed by atoms with Crippen LogP contribution in [0.15, 0.2) is 24.3 Å². The minimum absolute atomic E-state index is 0. The highest BCUT2D eigenvalue weighted by Crippen LogP contribution is 2.34. The van der Waals surface area contributed by atoms with Crippen LogP contribution in [0.4, 0.5) is 5.69 Å². The summed E-state index contributed by atoms with van der Waals surface area (Å²) in [6.45, 7) is 0. The van der Waals surface area contributed by atoms with Gasteiger partial charge in [0.05, 0.1) is 0 Å². The molecule has 0 bridgehead atoms. The van der Waals surface area contributed by atoms with Crippen molar-refractivity contribution in [3.05, 3.63) is 29.8 Å². The first-order chi connectivity index (χ1) is 5.86. The molecule has 72 valence electrons. The lowest BCUT2D eigenvalue weighted by Gasteiger charge is -2.09. The summed E-state index contributed by atoms with van der Waals surface area (Å²) in [6, 6.07) is 8.34. The fourth-order valence-corrected chi connectivity index (χ4v) is 2.07. The van der Waals surface area contributed by atoms with Gasteiger partial charge in [-0.15, -0.1) is 12.4 Å². The molecule has 13 heavy (non-hydrogen) atoms. The molecule has 1 aliphatic rings. The van der Waals surface area contributed by atoms with Gasteiger partial charge < -0.3 is 5.73 Å². The number of benzene rings is 1. The smallest absolute Gasteiger partial charge is 0.0316 e. The van der Waals surface area contributed by atoms with Crippen LogP contribution in [0.25, 0.3) is 0 Å². The second kappa shape index (κ2) is 4.52. The standard InChI is InChI=1S/C11H15N.ClH/c12-11-7-3-6-10(8-11)9-4-1-2-5-9;/h3,6-9H,1-2,4-5,12H2;1H. The molecule has 0 heterocycles. The summed E-state index contributed by atoms with van der Waals surface area (Å²) in [5, 5.41) is 0. The highest BCUT2D eigenvalue weighted by atomic mass is 35.5. The van der Waals surface area contributed by atoms with Gasteiger partial charge in [-0.3, -0.25) is 0 Å². The normalized spacial score (nSPS) is 16.9. The van der Waals surface area contributed by atoms with E-state index in [0.717, 1.165) is 11.6 Å². The predicted octanol–water partition coefficient (Wildman–Crippen LogP) is 3.35. The molecule has 2 N–H and O–H groups in total. The first-order valence-corrected chi connectivity index (χ1v) is 4.72. The minimum atomic E-state index is 0.